The molecule has 30 heavy (non-hydrogen) atoms. The van der Waals surface area contributed by atoms with Crippen LogP contribution in [0.15, 0.2) is 53.7 Å². The Balaban J connectivity index is 1.44. The molecule has 2 saturated heterocycles. The van der Waals surface area contributed by atoms with Crippen molar-refractivity contribution in [2.75, 3.05) is 18.0 Å². The first-order chi connectivity index (χ1) is 14.6. The van der Waals surface area contributed by atoms with Gasteiger partial charge in [0, 0.05) is 24.5 Å². The lowest BCUT2D eigenvalue weighted by atomic mass is 9.99. The minimum absolute atomic E-state index is 0.333. The molecule has 3 heterocycles. The van der Waals surface area contributed by atoms with Crippen LogP contribution in [0.1, 0.15) is 25.3 Å². The topological polar surface area (TPSA) is 67.2 Å². The van der Waals surface area contributed by atoms with E-state index in [9.17, 15) is 9.59 Å². The average molecular weight is 419 g/mol. The highest BCUT2D eigenvalue weighted by molar-refractivity contribution is 8.18. The molecule has 0 unspecified atom stereocenters. The lowest BCUT2D eigenvalue weighted by Crippen LogP contribution is -2.32. The number of nitrogens with zero attached hydrogens (tertiary/aromatic N) is 3. The number of hydrogen-bond donors (Lipinski definition) is 1. The maximum absolute atomic E-state index is 11.8. The van der Waals surface area contributed by atoms with Crippen LogP contribution in [0.2, 0.25) is 0 Å². The number of carbonyl (C=O) groups is 2. The number of fused-ring (bicyclic) bond motifs is 1. The van der Waals surface area contributed by atoms with Gasteiger partial charge in [0.15, 0.2) is 0 Å². The molecule has 3 aromatic rings. The Hall–Kier alpha value is -3.06. The highest BCUT2D eigenvalue weighted by Crippen LogP contribution is 2.28. The number of imidazole rings is 1. The molecular weight excluding hydrogens is 396 g/mol. The summed E-state index contributed by atoms with van der Waals surface area (Å²) in [5.74, 6) is 0.468. The SMILES string of the molecule is CC1CCN(c2ccc(-n3cnc4ccc(/C=C5\SC(=O)NC5=O)cc43)cc2)CC1. The molecule has 0 atom stereocenters. The second kappa shape index (κ2) is 7.65. The molecule has 5 rings (SSSR count). The molecule has 7 heteroatoms. The van der Waals surface area contributed by atoms with Crippen LogP contribution in [0.4, 0.5) is 10.5 Å². The van der Waals surface area contributed by atoms with Gasteiger partial charge in [-0.15, -0.1) is 0 Å². The molecule has 2 amide bonds. The lowest BCUT2D eigenvalue weighted by Gasteiger charge is -2.32. The maximum atomic E-state index is 11.8. The van der Waals surface area contributed by atoms with Gasteiger partial charge < -0.3 is 4.90 Å². The third kappa shape index (κ3) is 3.61. The fourth-order valence-electron chi connectivity index (χ4n) is 3.98. The number of rotatable bonds is 3. The van der Waals surface area contributed by atoms with Crippen molar-refractivity contribution in [1.29, 1.82) is 0 Å². The number of amides is 2. The van der Waals surface area contributed by atoms with Crippen molar-refractivity contribution in [3.8, 4) is 5.69 Å². The number of thioether (sulfide) groups is 1. The molecule has 1 aromatic heterocycles. The molecule has 0 bridgehead atoms. The zero-order chi connectivity index (χ0) is 20.7. The number of benzene rings is 2. The summed E-state index contributed by atoms with van der Waals surface area (Å²) < 4.78 is 2.05. The maximum Gasteiger partial charge on any atom is 0.290 e. The van der Waals surface area contributed by atoms with Gasteiger partial charge in [-0.25, -0.2) is 4.98 Å². The quantitative estimate of drug-likeness (QED) is 0.631. The van der Waals surface area contributed by atoms with E-state index in [1.165, 1.54) is 18.5 Å². The Morgan fingerprint density at radius 3 is 2.50 bits per heavy atom. The van der Waals surface area contributed by atoms with Crippen molar-refractivity contribution in [2.45, 2.75) is 19.8 Å². The van der Waals surface area contributed by atoms with Gasteiger partial charge in [-0.2, -0.15) is 0 Å². The number of nitrogens with one attached hydrogen (secondary N) is 1. The van der Waals surface area contributed by atoms with Crippen LogP contribution in [-0.2, 0) is 4.79 Å². The van der Waals surface area contributed by atoms with E-state index in [0.717, 1.165) is 53.1 Å². The van der Waals surface area contributed by atoms with Gasteiger partial charge >= 0.3 is 0 Å². The minimum atomic E-state index is -0.346. The zero-order valence-corrected chi connectivity index (χ0v) is 17.5. The largest absolute Gasteiger partial charge is 0.372 e. The van der Waals surface area contributed by atoms with Gasteiger partial charge in [0.1, 0.15) is 6.33 Å². The van der Waals surface area contributed by atoms with Crippen LogP contribution in [-0.4, -0.2) is 33.8 Å². The summed E-state index contributed by atoms with van der Waals surface area (Å²) in [7, 11) is 0. The van der Waals surface area contributed by atoms with Crippen molar-refractivity contribution in [3.63, 3.8) is 0 Å². The Bertz CT molecular complexity index is 1160. The van der Waals surface area contributed by atoms with Crippen molar-refractivity contribution in [1.82, 2.24) is 14.9 Å². The third-order valence-electron chi connectivity index (χ3n) is 5.79. The first kappa shape index (κ1) is 18.9. The van der Waals surface area contributed by atoms with E-state index < -0.39 is 0 Å². The number of imide groups is 1. The first-order valence-electron chi connectivity index (χ1n) is 10.1. The van der Waals surface area contributed by atoms with E-state index in [4.69, 9.17) is 0 Å². The zero-order valence-electron chi connectivity index (χ0n) is 16.7. The summed E-state index contributed by atoms with van der Waals surface area (Å²) in [6, 6.07) is 14.4. The molecule has 0 spiro atoms. The van der Waals surface area contributed by atoms with E-state index in [1.54, 1.807) is 6.08 Å². The fourth-order valence-corrected chi connectivity index (χ4v) is 4.67. The van der Waals surface area contributed by atoms with Crippen molar-refractivity contribution >= 4 is 45.7 Å². The molecule has 0 radical (unpaired) electrons. The van der Waals surface area contributed by atoms with E-state index in [0.29, 0.717) is 4.91 Å². The smallest absolute Gasteiger partial charge is 0.290 e. The number of carbonyl (C=O) groups excluding carboxylic acids is 2. The fraction of sp³-hybridized carbons (Fsp3) is 0.261. The summed E-state index contributed by atoms with van der Waals surface area (Å²) in [5, 5.41) is 1.95. The highest BCUT2D eigenvalue weighted by Gasteiger charge is 2.25. The number of hydrogen-bond acceptors (Lipinski definition) is 5. The Labute approximate surface area is 179 Å². The second-order valence-electron chi connectivity index (χ2n) is 7.90. The molecule has 0 aliphatic carbocycles. The predicted molar refractivity (Wildman–Crippen MR) is 121 cm³/mol. The second-order valence-corrected chi connectivity index (χ2v) is 8.92. The van der Waals surface area contributed by atoms with Crippen LogP contribution in [0.3, 0.4) is 0 Å². The molecule has 2 aliphatic heterocycles. The van der Waals surface area contributed by atoms with Crippen LogP contribution < -0.4 is 10.2 Å². The van der Waals surface area contributed by atoms with Gasteiger partial charge in [-0.3, -0.25) is 19.5 Å². The molecule has 2 aromatic carbocycles. The number of anilines is 1. The Morgan fingerprint density at radius 2 is 1.80 bits per heavy atom. The molecular formula is C23H22N4O2S. The Kier molecular flexibility index (Phi) is 4.83. The molecule has 2 fully saturated rings. The van der Waals surface area contributed by atoms with Crippen LogP contribution >= 0.6 is 11.8 Å². The van der Waals surface area contributed by atoms with Gasteiger partial charge in [0.2, 0.25) is 0 Å². The van der Waals surface area contributed by atoms with Gasteiger partial charge in [-0.05, 0) is 78.6 Å². The standard InChI is InChI=1S/C23H22N4O2S/c1-15-8-10-26(11-9-15)17-3-5-18(6-4-17)27-14-24-19-7-2-16(12-20(19)27)13-21-22(28)25-23(29)30-21/h2-7,12-15H,8-11H2,1H3,(H,25,28,29)/b21-13-. The summed E-state index contributed by atoms with van der Waals surface area (Å²) in [6.45, 7) is 4.55. The first-order valence-corrected chi connectivity index (χ1v) is 11.0. The van der Waals surface area contributed by atoms with Gasteiger partial charge in [-0.1, -0.05) is 13.0 Å². The van der Waals surface area contributed by atoms with E-state index in [2.05, 4.69) is 46.4 Å². The summed E-state index contributed by atoms with van der Waals surface area (Å²) >= 11 is 0.926. The summed E-state index contributed by atoms with van der Waals surface area (Å²) in [6.07, 6.45) is 6.05. The normalized spacial score (nSPS) is 19.1. The van der Waals surface area contributed by atoms with Crippen LogP contribution in [0.25, 0.3) is 22.8 Å². The number of piperidine rings is 1. The Morgan fingerprint density at radius 1 is 1.07 bits per heavy atom. The highest BCUT2D eigenvalue weighted by atomic mass is 32.2. The van der Waals surface area contributed by atoms with Crippen molar-refractivity contribution in [2.24, 2.45) is 5.92 Å². The summed E-state index contributed by atoms with van der Waals surface area (Å²) in [5.41, 5.74) is 4.99. The molecule has 0 saturated carbocycles. The molecule has 152 valence electrons. The molecule has 6 nitrogen and oxygen atoms in total. The van der Waals surface area contributed by atoms with Crippen LogP contribution in [0.5, 0.6) is 0 Å². The molecule has 1 N–H and O–H groups in total. The monoisotopic (exact) mass is 418 g/mol. The van der Waals surface area contributed by atoms with Gasteiger partial charge in [0.05, 0.1) is 15.9 Å². The van der Waals surface area contributed by atoms with E-state index in [1.807, 2.05) is 29.1 Å². The van der Waals surface area contributed by atoms with Crippen molar-refractivity contribution < 1.29 is 9.59 Å². The number of aromatic nitrogens is 2. The van der Waals surface area contributed by atoms with E-state index in [-0.39, 0.29) is 11.1 Å². The predicted octanol–water partition coefficient (Wildman–Crippen LogP) is 4.59. The van der Waals surface area contributed by atoms with Crippen LogP contribution in [0, 0.1) is 5.92 Å². The lowest BCUT2D eigenvalue weighted by molar-refractivity contribution is -0.115. The van der Waals surface area contributed by atoms with E-state index >= 15 is 0 Å². The van der Waals surface area contributed by atoms with Gasteiger partial charge in [0.25, 0.3) is 11.1 Å². The minimum Gasteiger partial charge on any atom is -0.372 e. The molecule has 2 aliphatic rings. The van der Waals surface area contributed by atoms with Crippen molar-refractivity contribution in [3.05, 3.63) is 59.3 Å². The summed E-state index contributed by atoms with van der Waals surface area (Å²) in [4.78, 5) is 30.6. The third-order valence-corrected chi connectivity index (χ3v) is 6.60. The average Bonchev–Trinajstić information content (AvgIpc) is 3.31.